The van der Waals surface area contributed by atoms with Crippen LogP contribution in [0.3, 0.4) is 0 Å². The number of halogens is 1. The lowest BCUT2D eigenvalue weighted by atomic mass is 9.93. The normalized spacial score (nSPS) is 24.1. The molecule has 0 amide bonds. The number of carboxylic acid groups (broad SMARTS) is 1. The van der Waals surface area contributed by atoms with Crippen LogP contribution in [0.1, 0.15) is 11.7 Å². The Kier molecular flexibility index (Phi) is 2.67. The molecule has 5 heteroatoms. The summed E-state index contributed by atoms with van der Waals surface area (Å²) in [6.45, 7) is -0.00782. The number of aliphatic carboxylic acids is 1. The average molecular weight is 273 g/mol. The predicted molar refractivity (Wildman–Crippen MR) is 55.7 cm³/mol. The first-order chi connectivity index (χ1) is 7.11. The van der Waals surface area contributed by atoms with E-state index >= 15 is 0 Å². The van der Waals surface area contributed by atoms with Gasteiger partial charge in [0.2, 0.25) is 0 Å². The van der Waals surface area contributed by atoms with Gasteiger partial charge in [0.05, 0.1) is 10.6 Å². The maximum absolute atomic E-state index is 10.8. The number of hydrogen-bond acceptors (Lipinski definition) is 3. The average Bonchev–Trinajstić information content (AvgIpc) is 2.19. The van der Waals surface area contributed by atoms with Gasteiger partial charge in [-0.05, 0) is 22.0 Å². The standard InChI is InChI=1S/C10H9BrO4/c11-7-3-1-2-5-8(12)6(10(13)14)4-15-9(5)7/h1-3,6,8,12H,4H2,(H,13,14). The summed E-state index contributed by atoms with van der Waals surface area (Å²) in [6.07, 6.45) is -1.01. The molecular formula is C10H9BrO4. The van der Waals surface area contributed by atoms with Gasteiger partial charge in [0.1, 0.15) is 18.3 Å². The summed E-state index contributed by atoms with van der Waals surface area (Å²) in [5.41, 5.74) is 0.517. The molecule has 0 saturated heterocycles. The minimum Gasteiger partial charge on any atom is -0.491 e. The number of ether oxygens (including phenoxy) is 1. The number of aliphatic hydroxyl groups is 1. The van der Waals surface area contributed by atoms with Crippen LogP contribution in [0.4, 0.5) is 0 Å². The Morgan fingerprint density at radius 3 is 2.93 bits per heavy atom. The first-order valence-electron chi connectivity index (χ1n) is 4.43. The predicted octanol–water partition coefficient (Wildman–Crippen LogP) is 1.58. The third-order valence-corrected chi connectivity index (χ3v) is 3.05. The van der Waals surface area contributed by atoms with Crippen molar-refractivity contribution in [2.24, 2.45) is 5.92 Å². The number of benzene rings is 1. The van der Waals surface area contributed by atoms with Gasteiger partial charge in [-0.25, -0.2) is 0 Å². The molecule has 1 aromatic carbocycles. The van der Waals surface area contributed by atoms with Crippen molar-refractivity contribution < 1.29 is 19.7 Å². The minimum atomic E-state index is -1.05. The first-order valence-corrected chi connectivity index (χ1v) is 5.22. The molecule has 4 nitrogen and oxygen atoms in total. The van der Waals surface area contributed by atoms with Crippen molar-refractivity contribution in [1.82, 2.24) is 0 Å². The molecule has 1 aliphatic rings. The molecule has 2 atom stereocenters. The second-order valence-corrected chi connectivity index (χ2v) is 4.21. The second-order valence-electron chi connectivity index (χ2n) is 3.36. The van der Waals surface area contributed by atoms with Crippen molar-refractivity contribution in [1.29, 1.82) is 0 Å². The highest BCUT2D eigenvalue weighted by Crippen LogP contribution is 2.39. The van der Waals surface area contributed by atoms with Gasteiger partial charge in [0.25, 0.3) is 0 Å². The Bertz CT molecular complexity index is 404. The fraction of sp³-hybridized carbons (Fsp3) is 0.300. The van der Waals surface area contributed by atoms with Crippen LogP contribution in [0, 0.1) is 5.92 Å². The van der Waals surface area contributed by atoms with Crippen molar-refractivity contribution in [2.75, 3.05) is 6.61 Å². The van der Waals surface area contributed by atoms with E-state index in [1.54, 1.807) is 18.2 Å². The summed E-state index contributed by atoms with van der Waals surface area (Å²) in [5.74, 6) is -1.41. The molecule has 0 aromatic heterocycles. The number of fused-ring (bicyclic) bond motifs is 1. The fourth-order valence-corrected chi connectivity index (χ4v) is 2.09. The van der Waals surface area contributed by atoms with Gasteiger partial charge >= 0.3 is 5.97 Å². The lowest BCUT2D eigenvalue weighted by Crippen LogP contribution is -2.32. The smallest absolute Gasteiger partial charge is 0.313 e. The van der Waals surface area contributed by atoms with Crippen molar-refractivity contribution in [3.05, 3.63) is 28.2 Å². The van der Waals surface area contributed by atoms with Crippen LogP contribution in [-0.2, 0) is 4.79 Å². The quantitative estimate of drug-likeness (QED) is 0.815. The van der Waals surface area contributed by atoms with Crippen LogP contribution < -0.4 is 4.74 Å². The van der Waals surface area contributed by atoms with E-state index in [0.29, 0.717) is 11.3 Å². The van der Waals surface area contributed by atoms with Crippen molar-refractivity contribution >= 4 is 21.9 Å². The number of para-hydroxylation sites is 1. The molecule has 2 unspecified atom stereocenters. The summed E-state index contributed by atoms with van der Waals surface area (Å²) in [7, 11) is 0. The summed E-state index contributed by atoms with van der Waals surface area (Å²) in [4.78, 5) is 10.8. The van der Waals surface area contributed by atoms with Crippen LogP contribution in [-0.4, -0.2) is 22.8 Å². The van der Waals surface area contributed by atoms with E-state index < -0.39 is 18.0 Å². The molecule has 2 N–H and O–H groups in total. The second kappa shape index (κ2) is 3.83. The van der Waals surface area contributed by atoms with Crippen LogP contribution in [0.25, 0.3) is 0 Å². The summed E-state index contributed by atoms with van der Waals surface area (Å²) < 4.78 is 6.04. The Morgan fingerprint density at radius 2 is 2.27 bits per heavy atom. The number of carbonyl (C=O) groups is 1. The van der Waals surface area contributed by atoms with Gasteiger partial charge < -0.3 is 14.9 Å². The number of hydrogen-bond donors (Lipinski definition) is 2. The molecule has 0 spiro atoms. The van der Waals surface area contributed by atoms with Gasteiger partial charge in [-0.1, -0.05) is 12.1 Å². The Morgan fingerprint density at radius 1 is 1.53 bits per heavy atom. The Balaban J connectivity index is 2.42. The van der Waals surface area contributed by atoms with E-state index in [4.69, 9.17) is 9.84 Å². The molecule has 0 radical (unpaired) electrons. The first kappa shape index (κ1) is 10.4. The molecule has 0 bridgehead atoms. The van der Waals surface area contributed by atoms with Crippen molar-refractivity contribution in [3.63, 3.8) is 0 Å². The molecular weight excluding hydrogens is 264 g/mol. The maximum Gasteiger partial charge on any atom is 0.313 e. The van der Waals surface area contributed by atoms with Crippen LogP contribution in [0.5, 0.6) is 5.75 Å². The van der Waals surface area contributed by atoms with Crippen molar-refractivity contribution in [2.45, 2.75) is 6.10 Å². The minimum absolute atomic E-state index is 0.00782. The lowest BCUT2D eigenvalue weighted by Gasteiger charge is -2.28. The molecule has 0 aliphatic carbocycles. The highest BCUT2D eigenvalue weighted by molar-refractivity contribution is 9.10. The highest BCUT2D eigenvalue weighted by Gasteiger charge is 2.35. The van der Waals surface area contributed by atoms with E-state index in [0.717, 1.165) is 4.47 Å². The zero-order valence-corrected chi connectivity index (χ0v) is 9.27. The van der Waals surface area contributed by atoms with Crippen LogP contribution in [0.2, 0.25) is 0 Å². The fourth-order valence-electron chi connectivity index (χ4n) is 1.60. The molecule has 2 rings (SSSR count). The molecule has 1 heterocycles. The molecule has 15 heavy (non-hydrogen) atoms. The zero-order chi connectivity index (χ0) is 11.0. The van der Waals surface area contributed by atoms with Gasteiger partial charge in [-0.2, -0.15) is 0 Å². The molecule has 1 aliphatic heterocycles. The van der Waals surface area contributed by atoms with Crippen LogP contribution in [0.15, 0.2) is 22.7 Å². The van der Waals surface area contributed by atoms with E-state index in [9.17, 15) is 9.90 Å². The van der Waals surface area contributed by atoms with E-state index in [2.05, 4.69) is 15.9 Å². The highest BCUT2D eigenvalue weighted by atomic mass is 79.9. The van der Waals surface area contributed by atoms with E-state index in [-0.39, 0.29) is 6.61 Å². The largest absolute Gasteiger partial charge is 0.491 e. The third-order valence-electron chi connectivity index (χ3n) is 2.42. The van der Waals surface area contributed by atoms with Gasteiger partial charge in [0.15, 0.2) is 0 Å². The van der Waals surface area contributed by atoms with E-state index in [1.807, 2.05) is 0 Å². The summed E-state index contributed by atoms with van der Waals surface area (Å²) >= 11 is 3.28. The Labute approximate surface area is 94.6 Å². The zero-order valence-electron chi connectivity index (χ0n) is 7.68. The molecule has 0 saturated carbocycles. The number of aliphatic hydroxyl groups excluding tert-OH is 1. The van der Waals surface area contributed by atoms with E-state index in [1.165, 1.54) is 0 Å². The van der Waals surface area contributed by atoms with Crippen LogP contribution >= 0.6 is 15.9 Å². The molecule has 1 aromatic rings. The molecule has 0 fully saturated rings. The summed E-state index contributed by atoms with van der Waals surface area (Å²) in [6, 6.07) is 5.19. The third kappa shape index (κ3) is 1.72. The van der Waals surface area contributed by atoms with Gasteiger partial charge in [0, 0.05) is 5.56 Å². The topological polar surface area (TPSA) is 66.8 Å². The number of carboxylic acids is 1. The molecule has 80 valence electrons. The summed E-state index contributed by atoms with van der Waals surface area (Å²) in [5, 5.41) is 18.7. The SMILES string of the molecule is O=C(O)C1COc2c(Br)cccc2C1O. The van der Waals surface area contributed by atoms with Crippen molar-refractivity contribution in [3.8, 4) is 5.75 Å². The van der Waals surface area contributed by atoms with Gasteiger partial charge in [-0.3, -0.25) is 4.79 Å². The Hall–Kier alpha value is -1.07. The lowest BCUT2D eigenvalue weighted by molar-refractivity contribution is -0.148. The number of rotatable bonds is 1. The monoisotopic (exact) mass is 272 g/mol. The van der Waals surface area contributed by atoms with Gasteiger partial charge in [-0.15, -0.1) is 0 Å². The maximum atomic E-state index is 10.8.